The van der Waals surface area contributed by atoms with Crippen molar-refractivity contribution in [2.45, 2.75) is 19.4 Å². The van der Waals surface area contributed by atoms with E-state index in [1.165, 1.54) is 0 Å². The summed E-state index contributed by atoms with van der Waals surface area (Å²) in [5, 5.41) is 9.09. The lowest BCUT2D eigenvalue weighted by atomic mass is 9.97. The second kappa shape index (κ2) is 7.45. The number of carboxylic acids is 1. The summed E-state index contributed by atoms with van der Waals surface area (Å²) in [7, 11) is 1.66. The maximum absolute atomic E-state index is 11.1. The van der Waals surface area contributed by atoms with Crippen LogP contribution in [0.15, 0.2) is 42.6 Å². The fraction of sp³-hybridized carbons (Fsp3) is 0.368. The molecule has 2 heterocycles. The van der Waals surface area contributed by atoms with Gasteiger partial charge in [0.05, 0.1) is 18.4 Å². The summed E-state index contributed by atoms with van der Waals surface area (Å²) in [6, 6.07) is 11.1. The quantitative estimate of drug-likeness (QED) is 0.884. The molecule has 0 amide bonds. The lowest BCUT2D eigenvalue weighted by molar-refractivity contribution is 0.0696. The highest BCUT2D eigenvalue weighted by Crippen LogP contribution is 2.23. The first-order valence-corrected chi connectivity index (χ1v) is 8.17. The summed E-state index contributed by atoms with van der Waals surface area (Å²) in [4.78, 5) is 17.9. The molecular weight excluding hydrogens is 304 g/mol. The number of carboxylic acid groups (broad SMARTS) is 1. The van der Waals surface area contributed by atoms with E-state index in [2.05, 4.69) is 9.88 Å². The number of nitrogens with zero attached hydrogens (tertiary/aromatic N) is 2. The zero-order valence-electron chi connectivity index (χ0n) is 13.8. The number of likely N-dealkylation sites (tertiary alicyclic amines) is 1. The van der Waals surface area contributed by atoms with E-state index >= 15 is 0 Å². The molecule has 24 heavy (non-hydrogen) atoms. The Kier molecular flexibility index (Phi) is 5.11. The van der Waals surface area contributed by atoms with Crippen molar-refractivity contribution in [3.63, 3.8) is 0 Å². The molecule has 1 atom stereocenters. The highest BCUT2D eigenvalue weighted by Gasteiger charge is 2.23. The van der Waals surface area contributed by atoms with Gasteiger partial charge in [0.15, 0.2) is 0 Å². The number of rotatable bonds is 6. The zero-order chi connectivity index (χ0) is 16.9. The highest BCUT2D eigenvalue weighted by molar-refractivity contribution is 5.87. The van der Waals surface area contributed by atoms with Crippen LogP contribution in [0.3, 0.4) is 0 Å². The van der Waals surface area contributed by atoms with Gasteiger partial charge in [-0.1, -0.05) is 12.1 Å². The van der Waals surface area contributed by atoms with Gasteiger partial charge in [0.1, 0.15) is 5.75 Å². The van der Waals surface area contributed by atoms with E-state index in [1.807, 2.05) is 24.3 Å². The van der Waals surface area contributed by atoms with E-state index in [0.717, 1.165) is 49.5 Å². The molecule has 5 heteroatoms. The number of methoxy groups -OCH3 is 1. The van der Waals surface area contributed by atoms with Crippen LogP contribution in [0.25, 0.3) is 0 Å². The van der Waals surface area contributed by atoms with E-state index in [1.54, 1.807) is 25.4 Å². The molecule has 1 aliphatic rings. The lowest BCUT2D eigenvalue weighted by Gasteiger charge is -2.16. The molecule has 1 aromatic carbocycles. The van der Waals surface area contributed by atoms with E-state index in [4.69, 9.17) is 9.84 Å². The molecule has 0 aliphatic carbocycles. The number of carbonyl (C=O) groups is 1. The molecule has 1 saturated heterocycles. The molecule has 0 radical (unpaired) electrons. The minimum absolute atomic E-state index is 0.364. The summed E-state index contributed by atoms with van der Waals surface area (Å²) < 4.78 is 5.24. The first kappa shape index (κ1) is 16.5. The van der Waals surface area contributed by atoms with E-state index in [9.17, 15) is 4.79 Å². The smallest absolute Gasteiger partial charge is 0.335 e. The molecule has 5 nitrogen and oxygen atoms in total. The number of benzene rings is 1. The Morgan fingerprint density at radius 1 is 1.38 bits per heavy atom. The molecule has 1 N–H and O–H groups in total. The fourth-order valence-corrected chi connectivity index (χ4v) is 3.29. The van der Waals surface area contributed by atoms with Crippen LogP contribution in [-0.2, 0) is 13.0 Å². The van der Waals surface area contributed by atoms with Crippen LogP contribution in [0.2, 0.25) is 0 Å². The number of hydrogen-bond acceptors (Lipinski definition) is 4. The van der Waals surface area contributed by atoms with Gasteiger partial charge in [0, 0.05) is 25.4 Å². The molecule has 126 valence electrons. The maximum Gasteiger partial charge on any atom is 0.335 e. The van der Waals surface area contributed by atoms with Gasteiger partial charge in [-0.25, -0.2) is 4.79 Å². The first-order valence-electron chi connectivity index (χ1n) is 8.17. The second-order valence-electron chi connectivity index (χ2n) is 6.29. The third-order valence-electron chi connectivity index (χ3n) is 4.48. The minimum atomic E-state index is -0.867. The SMILES string of the molecule is COc1ccnc(CN2CC[C@@H](Cc3cccc(C(=O)O)c3)C2)c1. The van der Waals surface area contributed by atoms with Gasteiger partial charge in [-0.2, -0.15) is 0 Å². The van der Waals surface area contributed by atoms with E-state index in [0.29, 0.717) is 11.5 Å². The summed E-state index contributed by atoms with van der Waals surface area (Å²) in [5.74, 6) is 0.523. The van der Waals surface area contributed by atoms with Crippen LogP contribution < -0.4 is 4.74 Å². The maximum atomic E-state index is 11.1. The van der Waals surface area contributed by atoms with Crippen LogP contribution in [0.5, 0.6) is 5.75 Å². The monoisotopic (exact) mass is 326 g/mol. The van der Waals surface area contributed by atoms with Gasteiger partial charge >= 0.3 is 5.97 Å². The largest absolute Gasteiger partial charge is 0.497 e. The molecule has 1 aromatic heterocycles. The molecule has 0 spiro atoms. The van der Waals surface area contributed by atoms with Crippen molar-refractivity contribution in [2.75, 3.05) is 20.2 Å². The normalized spacial score (nSPS) is 17.8. The predicted molar refractivity (Wildman–Crippen MR) is 91.3 cm³/mol. The third kappa shape index (κ3) is 4.11. The molecule has 0 unspecified atom stereocenters. The van der Waals surface area contributed by atoms with Crippen LogP contribution in [0.1, 0.15) is 28.0 Å². The number of aromatic carboxylic acids is 1. The van der Waals surface area contributed by atoms with Crippen molar-refractivity contribution in [3.8, 4) is 5.75 Å². The van der Waals surface area contributed by atoms with Crippen molar-refractivity contribution >= 4 is 5.97 Å². The Morgan fingerprint density at radius 2 is 2.25 bits per heavy atom. The van der Waals surface area contributed by atoms with E-state index in [-0.39, 0.29) is 0 Å². The summed E-state index contributed by atoms with van der Waals surface area (Å²) in [6.07, 6.45) is 3.82. The second-order valence-corrected chi connectivity index (χ2v) is 6.29. The topological polar surface area (TPSA) is 62.7 Å². The minimum Gasteiger partial charge on any atom is -0.497 e. The fourth-order valence-electron chi connectivity index (χ4n) is 3.29. The Bertz CT molecular complexity index is 717. The van der Waals surface area contributed by atoms with Crippen molar-refractivity contribution in [2.24, 2.45) is 5.92 Å². The van der Waals surface area contributed by atoms with Gasteiger partial charge in [0.2, 0.25) is 0 Å². The Morgan fingerprint density at radius 3 is 3.04 bits per heavy atom. The average Bonchev–Trinajstić information content (AvgIpc) is 3.02. The number of pyridine rings is 1. The summed E-state index contributed by atoms with van der Waals surface area (Å²) in [6.45, 7) is 2.88. The molecule has 2 aromatic rings. The molecular formula is C19H22N2O3. The third-order valence-corrected chi connectivity index (χ3v) is 4.48. The molecule has 1 fully saturated rings. The van der Waals surface area contributed by atoms with Crippen LogP contribution in [0, 0.1) is 5.92 Å². The Labute approximate surface area is 141 Å². The molecule has 0 saturated carbocycles. The highest BCUT2D eigenvalue weighted by atomic mass is 16.5. The van der Waals surface area contributed by atoms with Crippen molar-refractivity contribution in [3.05, 3.63) is 59.4 Å². The van der Waals surface area contributed by atoms with E-state index < -0.39 is 5.97 Å². The Balaban J connectivity index is 1.57. The summed E-state index contributed by atoms with van der Waals surface area (Å²) >= 11 is 0. The number of ether oxygens (including phenoxy) is 1. The summed E-state index contributed by atoms with van der Waals surface area (Å²) in [5.41, 5.74) is 2.48. The van der Waals surface area contributed by atoms with Crippen molar-refractivity contribution in [1.82, 2.24) is 9.88 Å². The van der Waals surface area contributed by atoms with Crippen LogP contribution in [0.4, 0.5) is 0 Å². The standard InChI is InChI=1S/C19H22N2O3/c1-24-18-5-7-20-17(11-18)13-21-8-6-15(12-21)9-14-3-2-4-16(10-14)19(22)23/h2-5,7,10-11,15H,6,8-9,12-13H2,1H3,(H,22,23)/t15-/m0/s1. The number of aromatic nitrogens is 1. The van der Waals surface area contributed by atoms with Crippen molar-refractivity contribution in [1.29, 1.82) is 0 Å². The van der Waals surface area contributed by atoms with Gasteiger partial charge in [-0.05, 0) is 49.1 Å². The van der Waals surface area contributed by atoms with Crippen LogP contribution >= 0.6 is 0 Å². The molecule has 0 bridgehead atoms. The zero-order valence-corrected chi connectivity index (χ0v) is 13.8. The first-order chi connectivity index (χ1) is 11.6. The van der Waals surface area contributed by atoms with Crippen LogP contribution in [-0.4, -0.2) is 41.2 Å². The molecule has 3 rings (SSSR count). The van der Waals surface area contributed by atoms with Gasteiger partial charge in [-0.3, -0.25) is 9.88 Å². The Hall–Kier alpha value is -2.40. The van der Waals surface area contributed by atoms with Gasteiger partial charge in [-0.15, -0.1) is 0 Å². The molecule has 1 aliphatic heterocycles. The predicted octanol–water partition coefficient (Wildman–Crippen LogP) is 2.85. The van der Waals surface area contributed by atoms with Gasteiger partial charge < -0.3 is 9.84 Å². The lowest BCUT2D eigenvalue weighted by Crippen LogP contribution is -2.21. The average molecular weight is 326 g/mol. The van der Waals surface area contributed by atoms with Crippen molar-refractivity contribution < 1.29 is 14.6 Å². The number of hydrogen-bond donors (Lipinski definition) is 1. The van der Waals surface area contributed by atoms with Gasteiger partial charge in [0.25, 0.3) is 0 Å².